The van der Waals surface area contributed by atoms with E-state index in [9.17, 15) is 34.8 Å². The van der Waals surface area contributed by atoms with Crippen LogP contribution in [0.1, 0.15) is 120 Å². The van der Waals surface area contributed by atoms with Crippen molar-refractivity contribution in [2.75, 3.05) is 0 Å². The number of Topliss-reactive ketones (excluding diaryl/α,β-unsaturated/α-hetero) is 3. The molecule has 0 aliphatic heterocycles. The first-order valence-electron chi connectivity index (χ1n) is 19.5. The quantitative estimate of drug-likeness (QED) is 0.143. The van der Waals surface area contributed by atoms with Crippen molar-refractivity contribution in [1.29, 1.82) is 0 Å². The number of hydrogen-bond acceptors (Lipinski definition) is 8. The molecule has 2 unspecified atom stereocenters. The number of rotatable bonds is 11. The number of benzene rings is 2. The molecule has 0 radical (unpaired) electrons. The van der Waals surface area contributed by atoms with Crippen LogP contribution in [-0.2, 0) is 28.9 Å². The second kappa shape index (κ2) is 14.0. The number of carbonyl (C=O) groups is 3. The van der Waals surface area contributed by atoms with Crippen molar-refractivity contribution in [3.05, 3.63) is 99.2 Å². The molecule has 1 aromatic heterocycles. The van der Waals surface area contributed by atoms with Gasteiger partial charge in [-0.25, -0.2) is 0 Å². The van der Waals surface area contributed by atoms with Gasteiger partial charge in [-0.05, 0) is 91.2 Å². The SMILES string of the molecule is CC(=O)C1=C(O)C(C(C)C)[C@@]2(C)C[C@@]3(C)Cc4c(C(C)C)cc(-c5ccc(CC(CCC(C)C)Cc6ccccc6)o5)c(O)c4C(=O)C3=C(O)[C@@]2(O)C1=O. The third-order valence-corrected chi connectivity index (χ3v) is 12.6. The molecule has 5 atom stereocenters. The normalized spacial score (nSPS) is 26.1. The molecule has 54 heavy (non-hydrogen) atoms. The van der Waals surface area contributed by atoms with E-state index < -0.39 is 56.8 Å². The summed E-state index contributed by atoms with van der Waals surface area (Å²) in [7, 11) is 0. The summed E-state index contributed by atoms with van der Waals surface area (Å²) in [5, 5.41) is 48.0. The number of hydrogen-bond donors (Lipinski definition) is 4. The van der Waals surface area contributed by atoms with Crippen molar-refractivity contribution in [3.63, 3.8) is 0 Å². The number of aromatic hydroxyl groups is 1. The molecule has 0 bridgehead atoms. The van der Waals surface area contributed by atoms with Crippen LogP contribution < -0.4 is 0 Å². The molecule has 8 heteroatoms. The van der Waals surface area contributed by atoms with Crippen LogP contribution in [-0.4, -0.2) is 43.4 Å². The van der Waals surface area contributed by atoms with Gasteiger partial charge >= 0.3 is 0 Å². The average molecular weight is 737 g/mol. The Balaban J connectivity index is 1.45. The maximum atomic E-state index is 14.9. The van der Waals surface area contributed by atoms with Crippen molar-refractivity contribution < 1.29 is 39.2 Å². The summed E-state index contributed by atoms with van der Waals surface area (Å²) in [6.07, 6.45) is 4.01. The summed E-state index contributed by atoms with van der Waals surface area (Å²) in [6.45, 7) is 16.7. The second-order valence-corrected chi connectivity index (χ2v) is 17.8. The van der Waals surface area contributed by atoms with Gasteiger partial charge in [0.15, 0.2) is 17.2 Å². The van der Waals surface area contributed by atoms with Crippen molar-refractivity contribution >= 4 is 17.3 Å². The third-order valence-electron chi connectivity index (χ3n) is 12.6. The number of phenols is 1. The monoisotopic (exact) mass is 736 g/mol. The summed E-state index contributed by atoms with van der Waals surface area (Å²) in [4.78, 5) is 41.7. The van der Waals surface area contributed by atoms with Crippen molar-refractivity contribution in [2.45, 2.75) is 112 Å². The molecule has 0 saturated heterocycles. The van der Waals surface area contributed by atoms with Crippen molar-refractivity contribution in [3.8, 4) is 17.1 Å². The van der Waals surface area contributed by atoms with Crippen LogP contribution in [0.4, 0.5) is 0 Å². The fourth-order valence-electron chi connectivity index (χ4n) is 10.2. The zero-order valence-electron chi connectivity index (χ0n) is 33.2. The van der Waals surface area contributed by atoms with Gasteiger partial charge in [0.2, 0.25) is 5.78 Å². The number of phenolic OH excluding ortho intramolecular Hbond substituents is 1. The molecule has 1 heterocycles. The van der Waals surface area contributed by atoms with Gasteiger partial charge in [-0.15, -0.1) is 0 Å². The van der Waals surface area contributed by atoms with E-state index in [1.54, 1.807) is 6.92 Å². The van der Waals surface area contributed by atoms with E-state index in [0.717, 1.165) is 37.5 Å². The summed E-state index contributed by atoms with van der Waals surface area (Å²) in [6, 6.07) is 16.0. The standard InChI is InChI=1S/C46H56O8/c1-24(2)15-16-29(19-28-13-11-10-12-14-28)20-30-17-18-34(54-30)32-21-31(25(3)4)33-22-44(8)23-45(9)37(26(5)6)40(49)35(27(7)47)42(51)46(45,53)43(52)38(44)41(50)36(33)39(32)48/h10-14,17-18,21,24-26,29,37,48-49,52-53H,15-16,19-20,22-23H2,1-9H3/t29?,37?,44-,45-,46+/m1/s1. The molecule has 288 valence electrons. The largest absolute Gasteiger partial charge is 0.511 e. The number of aliphatic hydroxyl groups is 3. The number of furan rings is 1. The zero-order chi connectivity index (χ0) is 39.7. The molecule has 0 amide bonds. The van der Waals surface area contributed by atoms with Crippen LogP contribution in [0.15, 0.2) is 75.6 Å². The molecule has 2 aromatic carbocycles. The topological polar surface area (TPSA) is 145 Å². The molecule has 3 aliphatic carbocycles. The van der Waals surface area contributed by atoms with Crippen molar-refractivity contribution in [2.24, 2.45) is 34.5 Å². The van der Waals surface area contributed by atoms with Crippen LogP contribution in [0.2, 0.25) is 0 Å². The number of fused-ring (bicyclic) bond motifs is 3. The molecular weight excluding hydrogens is 680 g/mol. The first-order valence-corrected chi connectivity index (χ1v) is 19.5. The Labute approximate surface area is 319 Å². The van der Waals surface area contributed by atoms with Gasteiger partial charge in [-0.3, -0.25) is 14.4 Å². The Morgan fingerprint density at radius 2 is 1.59 bits per heavy atom. The van der Waals surface area contributed by atoms with E-state index >= 15 is 0 Å². The smallest absolute Gasteiger partial charge is 0.209 e. The second-order valence-electron chi connectivity index (χ2n) is 17.8. The lowest BCUT2D eigenvalue weighted by Crippen LogP contribution is -2.67. The molecule has 0 fully saturated rings. The maximum Gasteiger partial charge on any atom is 0.209 e. The van der Waals surface area contributed by atoms with Gasteiger partial charge in [-0.1, -0.05) is 92.1 Å². The number of allylic oxidation sites excluding steroid dienone is 2. The number of aliphatic hydroxyl groups excluding tert-OH is 2. The van der Waals surface area contributed by atoms with Gasteiger partial charge in [0, 0.05) is 28.7 Å². The third kappa shape index (κ3) is 6.15. The van der Waals surface area contributed by atoms with Crippen LogP contribution in [0.3, 0.4) is 0 Å². The Morgan fingerprint density at radius 1 is 0.926 bits per heavy atom. The number of ketones is 3. The Kier molecular flexibility index (Phi) is 10.2. The molecule has 3 aliphatic rings. The van der Waals surface area contributed by atoms with Gasteiger partial charge in [0.25, 0.3) is 0 Å². The molecule has 0 spiro atoms. The highest BCUT2D eigenvalue weighted by Gasteiger charge is 2.71. The lowest BCUT2D eigenvalue weighted by molar-refractivity contribution is -0.171. The van der Waals surface area contributed by atoms with E-state index in [-0.39, 0.29) is 41.6 Å². The highest BCUT2D eigenvalue weighted by Crippen LogP contribution is 2.65. The predicted molar refractivity (Wildman–Crippen MR) is 208 cm³/mol. The first-order chi connectivity index (χ1) is 25.3. The van der Waals surface area contributed by atoms with E-state index in [4.69, 9.17) is 4.42 Å². The highest BCUT2D eigenvalue weighted by molar-refractivity contribution is 6.25. The van der Waals surface area contributed by atoms with Crippen LogP contribution in [0.25, 0.3) is 11.3 Å². The summed E-state index contributed by atoms with van der Waals surface area (Å²) in [5.74, 6) is -3.23. The van der Waals surface area contributed by atoms with Crippen LogP contribution in [0, 0.1) is 34.5 Å². The molecular formula is C46H56O8. The first kappa shape index (κ1) is 39.3. The van der Waals surface area contributed by atoms with Gasteiger partial charge in [-0.2, -0.15) is 0 Å². The van der Waals surface area contributed by atoms with E-state index in [1.165, 1.54) is 5.56 Å². The van der Waals surface area contributed by atoms with Gasteiger partial charge < -0.3 is 24.8 Å². The van der Waals surface area contributed by atoms with Gasteiger partial charge in [0.05, 0.1) is 11.1 Å². The van der Waals surface area contributed by atoms with E-state index in [1.807, 2.05) is 58.9 Å². The molecule has 0 saturated carbocycles. The van der Waals surface area contributed by atoms with Crippen LogP contribution in [0.5, 0.6) is 5.75 Å². The van der Waals surface area contributed by atoms with Crippen LogP contribution >= 0.6 is 0 Å². The minimum Gasteiger partial charge on any atom is -0.511 e. The Morgan fingerprint density at radius 3 is 2.19 bits per heavy atom. The number of carbonyl (C=O) groups excluding carboxylic acids is 3. The summed E-state index contributed by atoms with van der Waals surface area (Å²) in [5.41, 5.74) is -2.84. The Bertz CT molecular complexity index is 2060. The lowest BCUT2D eigenvalue weighted by Gasteiger charge is -2.59. The predicted octanol–water partition coefficient (Wildman–Crippen LogP) is 9.57. The maximum absolute atomic E-state index is 14.9. The van der Waals surface area contributed by atoms with E-state index in [0.29, 0.717) is 35.1 Å². The zero-order valence-corrected chi connectivity index (χ0v) is 33.2. The lowest BCUT2D eigenvalue weighted by atomic mass is 9.44. The molecule has 4 N–H and O–H groups in total. The Hall–Kier alpha value is -4.43. The summed E-state index contributed by atoms with van der Waals surface area (Å²) < 4.78 is 6.45. The molecule has 8 nitrogen and oxygen atoms in total. The highest BCUT2D eigenvalue weighted by atomic mass is 16.4. The fourth-order valence-corrected chi connectivity index (χ4v) is 10.2. The summed E-state index contributed by atoms with van der Waals surface area (Å²) >= 11 is 0. The molecule has 6 rings (SSSR count). The van der Waals surface area contributed by atoms with Gasteiger partial charge in [0.1, 0.15) is 34.4 Å². The minimum absolute atomic E-state index is 0.00751. The molecule has 3 aromatic rings. The van der Waals surface area contributed by atoms with E-state index in [2.05, 4.69) is 38.1 Å². The minimum atomic E-state index is -2.66. The fraction of sp³-hybridized carbons (Fsp3) is 0.500. The average Bonchev–Trinajstić information content (AvgIpc) is 3.53. The van der Waals surface area contributed by atoms with Crippen molar-refractivity contribution in [1.82, 2.24) is 0 Å².